The van der Waals surface area contributed by atoms with Gasteiger partial charge in [0.05, 0.1) is 0 Å². The largest absolute Gasteiger partial charge is 0.0651 e. The molecule has 0 N–H and O–H groups in total. The van der Waals surface area contributed by atoms with Crippen molar-refractivity contribution in [2.75, 3.05) is 0 Å². The van der Waals surface area contributed by atoms with Gasteiger partial charge < -0.3 is 0 Å². The Morgan fingerprint density at radius 3 is 2.34 bits per heavy atom. The van der Waals surface area contributed by atoms with Gasteiger partial charge in [0.15, 0.2) is 0 Å². The average molecular weight is 463 g/mol. The highest BCUT2D eigenvalue weighted by molar-refractivity contribution is 5.77. The molecule has 0 aromatic heterocycles. The van der Waals surface area contributed by atoms with E-state index in [1.54, 1.807) is 22.3 Å². The highest BCUT2D eigenvalue weighted by atomic mass is 14.3. The smallest absolute Gasteiger partial charge is 0.00830 e. The quantitative estimate of drug-likeness (QED) is 0.342. The van der Waals surface area contributed by atoms with Crippen LogP contribution in [0.2, 0.25) is 0 Å². The lowest BCUT2D eigenvalue weighted by Gasteiger charge is -2.25. The molecular formula is C35H42. The van der Waals surface area contributed by atoms with Crippen molar-refractivity contribution >= 4 is 6.08 Å². The Bertz CT molecular complexity index is 1270. The number of aryl methyl sites for hydroxylation is 3. The van der Waals surface area contributed by atoms with Gasteiger partial charge in [-0.05, 0) is 120 Å². The summed E-state index contributed by atoms with van der Waals surface area (Å²) in [6, 6.07) is 19.3. The second-order valence-electron chi connectivity index (χ2n) is 11.5. The molecule has 182 valence electrons. The zero-order chi connectivity index (χ0) is 24.7. The molecular weight excluding hydrogens is 420 g/mol. The Kier molecular flexibility index (Phi) is 6.75. The van der Waals surface area contributed by atoms with Crippen LogP contribution in [0.25, 0.3) is 17.2 Å². The molecule has 0 heteroatoms. The van der Waals surface area contributed by atoms with E-state index in [1.165, 1.54) is 71.0 Å². The van der Waals surface area contributed by atoms with E-state index >= 15 is 0 Å². The standard InChI is InChI=1S/C35H42/c1-7-28(8-2)35-25(6)17-33-24(5)16-31(21-34(33)35)32-20-27(11-10-23(32)4)18-26-12-14-29-13-9-22(3)15-30(29)19-26/h10-12,14,16-17,19-22,28,35H,7-9,13,15,18H2,1-6H3/t22-,35?/m0/s1. The third-order valence-corrected chi connectivity index (χ3v) is 8.90. The number of rotatable bonds is 6. The van der Waals surface area contributed by atoms with Crippen LogP contribution in [0.15, 0.2) is 54.1 Å². The van der Waals surface area contributed by atoms with Gasteiger partial charge in [0, 0.05) is 5.92 Å². The summed E-state index contributed by atoms with van der Waals surface area (Å²) in [4.78, 5) is 0. The number of allylic oxidation sites excluding steroid dienone is 1. The Morgan fingerprint density at radius 1 is 0.829 bits per heavy atom. The van der Waals surface area contributed by atoms with Gasteiger partial charge in [-0.1, -0.05) is 87.7 Å². The van der Waals surface area contributed by atoms with Crippen LogP contribution >= 0.6 is 0 Å². The van der Waals surface area contributed by atoms with Gasteiger partial charge in [-0.15, -0.1) is 0 Å². The van der Waals surface area contributed by atoms with Crippen LogP contribution in [0, 0.1) is 25.7 Å². The van der Waals surface area contributed by atoms with E-state index < -0.39 is 0 Å². The van der Waals surface area contributed by atoms with Crippen LogP contribution in [0.1, 0.15) is 97.4 Å². The van der Waals surface area contributed by atoms with Crippen molar-refractivity contribution in [3.05, 3.63) is 98.6 Å². The SMILES string of the molecule is CCC(CC)C1C(C)=Cc2c(C)cc(-c3cc(Cc4ccc5c(c4)C[C@@H](C)CC5)ccc3C)cc21. The highest BCUT2D eigenvalue weighted by Crippen LogP contribution is 2.46. The summed E-state index contributed by atoms with van der Waals surface area (Å²) in [7, 11) is 0. The molecule has 0 aliphatic heterocycles. The second-order valence-corrected chi connectivity index (χ2v) is 11.5. The summed E-state index contributed by atoms with van der Waals surface area (Å²) < 4.78 is 0. The van der Waals surface area contributed by atoms with Gasteiger partial charge in [0.2, 0.25) is 0 Å². The maximum Gasteiger partial charge on any atom is 0.00830 e. The Hall–Kier alpha value is -2.60. The number of fused-ring (bicyclic) bond motifs is 2. The molecule has 0 radical (unpaired) electrons. The summed E-state index contributed by atoms with van der Waals surface area (Å²) in [5, 5.41) is 0. The fourth-order valence-electron chi connectivity index (χ4n) is 6.81. The third kappa shape index (κ3) is 4.65. The summed E-state index contributed by atoms with van der Waals surface area (Å²) in [5.41, 5.74) is 16.2. The predicted octanol–water partition coefficient (Wildman–Crippen LogP) is 9.62. The van der Waals surface area contributed by atoms with Crippen molar-refractivity contribution in [2.24, 2.45) is 11.8 Å². The zero-order valence-electron chi connectivity index (χ0n) is 22.7. The van der Waals surface area contributed by atoms with Crippen LogP contribution in [-0.2, 0) is 19.3 Å². The normalized spacial score (nSPS) is 19.0. The lowest BCUT2D eigenvalue weighted by molar-refractivity contribution is 0.438. The van der Waals surface area contributed by atoms with Crippen molar-refractivity contribution in [1.29, 1.82) is 0 Å². The Labute approximate surface area is 213 Å². The van der Waals surface area contributed by atoms with Crippen LogP contribution in [0.5, 0.6) is 0 Å². The monoisotopic (exact) mass is 462 g/mol. The predicted molar refractivity (Wildman–Crippen MR) is 152 cm³/mol. The maximum atomic E-state index is 2.52. The molecule has 0 saturated carbocycles. The van der Waals surface area contributed by atoms with E-state index in [-0.39, 0.29) is 0 Å². The Morgan fingerprint density at radius 2 is 1.57 bits per heavy atom. The summed E-state index contributed by atoms with van der Waals surface area (Å²) in [6.45, 7) is 14.0. The van der Waals surface area contributed by atoms with E-state index in [1.807, 2.05) is 0 Å². The van der Waals surface area contributed by atoms with Crippen molar-refractivity contribution < 1.29 is 0 Å². The van der Waals surface area contributed by atoms with E-state index in [9.17, 15) is 0 Å². The van der Waals surface area contributed by atoms with Gasteiger partial charge in [-0.2, -0.15) is 0 Å². The molecule has 0 amide bonds. The molecule has 5 rings (SSSR count). The van der Waals surface area contributed by atoms with Crippen LogP contribution in [0.3, 0.4) is 0 Å². The second kappa shape index (κ2) is 9.81. The minimum Gasteiger partial charge on any atom is -0.0651 e. The fraction of sp³-hybridized carbons (Fsp3) is 0.429. The van der Waals surface area contributed by atoms with Crippen LogP contribution < -0.4 is 0 Å². The molecule has 35 heavy (non-hydrogen) atoms. The maximum absolute atomic E-state index is 2.52. The first-order valence-electron chi connectivity index (χ1n) is 13.9. The van der Waals surface area contributed by atoms with E-state index in [4.69, 9.17) is 0 Å². The zero-order valence-corrected chi connectivity index (χ0v) is 22.7. The molecule has 2 atom stereocenters. The van der Waals surface area contributed by atoms with Crippen LogP contribution in [0.4, 0.5) is 0 Å². The van der Waals surface area contributed by atoms with Crippen molar-refractivity contribution in [1.82, 2.24) is 0 Å². The number of benzene rings is 3. The molecule has 0 fully saturated rings. The number of hydrogen-bond acceptors (Lipinski definition) is 0. The minimum absolute atomic E-state index is 0.569. The minimum atomic E-state index is 0.569. The Balaban J connectivity index is 1.48. The summed E-state index contributed by atoms with van der Waals surface area (Å²) >= 11 is 0. The lowest BCUT2D eigenvalue weighted by atomic mass is 9.79. The lowest BCUT2D eigenvalue weighted by Crippen LogP contribution is -2.11. The molecule has 0 spiro atoms. The first-order valence-corrected chi connectivity index (χ1v) is 13.9. The summed E-state index contributed by atoms with van der Waals surface area (Å²) in [5.74, 6) is 2.11. The van der Waals surface area contributed by atoms with Gasteiger partial charge in [-0.3, -0.25) is 0 Å². The molecule has 3 aromatic carbocycles. The summed E-state index contributed by atoms with van der Waals surface area (Å²) in [6.07, 6.45) is 9.76. The molecule has 0 bridgehead atoms. The number of hydrogen-bond donors (Lipinski definition) is 0. The van der Waals surface area contributed by atoms with Crippen LogP contribution in [-0.4, -0.2) is 0 Å². The van der Waals surface area contributed by atoms with E-state index in [0.29, 0.717) is 5.92 Å². The van der Waals surface area contributed by atoms with Crippen molar-refractivity contribution in [3.8, 4) is 11.1 Å². The van der Waals surface area contributed by atoms with Gasteiger partial charge in [0.25, 0.3) is 0 Å². The molecule has 3 aromatic rings. The highest BCUT2D eigenvalue weighted by Gasteiger charge is 2.29. The van der Waals surface area contributed by atoms with E-state index in [0.717, 1.165) is 18.3 Å². The topological polar surface area (TPSA) is 0 Å². The van der Waals surface area contributed by atoms with Crippen molar-refractivity contribution in [2.45, 2.75) is 86.0 Å². The molecule has 0 nitrogen and oxygen atoms in total. The molecule has 2 aliphatic rings. The van der Waals surface area contributed by atoms with Crippen molar-refractivity contribution in [3.63, 3.8) is 0 Å². The van der Waals surface area contributed by atoms with Gasteiger partial charge >= 0.3 is 0 Å². The third-order valence-electron chi connectivity index (χ3n) is 8.90. The molecule has 2 aliphatic carbocycles. The van der Waals surface area contributed by atoms with Gasteiger partial charge in [-0.25, -0.2) is 0 Å². The first kappa shape index (κ1) is 24.1. The molecule has 0 saturated heterocycles. The van der Waals surface area contributed by atoms with Gasteiger partial charge in [0.1, 0.15) is 0 Å². The average Bonchev–Trinajstić information content (AvgIpc) is 3.17. The molecule has 0 heterocycles. The van der Waals surface area contributed by atoms with E-state index in [2.05, 4.69) is 96.1 Å². The first-order chi connectivity index (χ1) is 16.9. The molecule has 1 unspecified atom stereocenters. The fourth-order valence-corrected chi connectivity index (χ4v) is 6.81.